The summed E-state index contributed by atoms with van der Waals surface area (Å²) in [5.74, 6) is 1.38. The minimum absolute atomic E-state index is 0.385. The number of hydrogen-bond donors (Lipinski definition) is 1. The Balaban J connectivity index is 1.53. The van der Waals surface area contributed by atoms with Crippen molar-refractivity contribution in [1.29, 1.82) is 5.26 Å². The summed E-state index contributed by atoms with van der Waals surface area (Å²) in [6, 6.07) is 3.14. The topological polar surface area (TPSA) is 45.0 Å². The molecule has 1 N–H and O–H groups in total. The van der Waals surface area contributed by atoms with Gasteiger partial charge in [0.2, 0.25) is 0 Å². The molecule has 106 valence electrons. The van der Waals surface area contributed by atoms with E-state index >= 15 is 0 Å². The first-order valence-corrected chi connectivity index (χ1v) is 8.02. The van der Waals surface area contributed by atoms with Crippen molar-refractivity contribution in [3.05, 3.63) is 0 Å². The van der Waals surface area contributed by atoms with E-state index in [1.807, 2.05) is 0 Å². The fraction of sp³-hybridized carbons (Fsp3) is 0.938. The Labute approximate surface area is 116 Å². The highest BCUT2D eigenvalue weighted by molar-refractivity contribution is 5.17. The third-order valence-electron chi connectivity index (χ3n) is 5.02. The summed E-state index contributed by atoms with van der Waals surface area (Å²) < 4.78 is 6.13. The van der Waals surface area contributed by atoms with Crippen LogP contribution in [-0.2, 0) is 4.74 Å². The van der Waals surface area contributed by atoms with E-state index in [9.17, 15) is 5.26 Å². The van der Waals surface area contributed by atoms with E-state index in [0.717, 1.165) is 5.92 Å². The van der Waals surface area contributed by atoms with Gasteiger partial charge in [0.15, 0.2) is 0 Å². The molecule has 3 saturated carbocycles. The number of nitrogens with one attached hydrogen (secondary N) is 1. The zero-order valence-electron chi connectivity index (χ0n) is 12.0. The number of nitriles is 1. The Bertz CT molecular complexity index is 348. The summed E-state index contributed by atoms with van der Waals surface area (Å²) >= 11 is 0. The van der Waals surface area contributed by atoms with Gasteiger partial charge in [-0.1, -0.05) is 6.92 Å². The highest BCUT2D eigenvalue weighted by Crippen LogP contribution is 2.42. The molecule has 0 aromatic heterocycles. The number of hydrogen-bond acceptors (Lipinski definition) is 3. The second-order valence-electron chi connectivity index (χ2n) is 6.97. The normalized spacial score (nSPS) is 34.5. The first-order valence-electron chi connectivity index (χ1n) is 8.02. The van der Waals surface area contributed by atoms with E-state index in [0.29, 0.717) is 24.7 Å². The lowest BCUT2D eigenvalue weighted by atomic mass is 9.88. The monoisotopic (exact) mass is 262 g/mol. The molecule has 3 aliphatic rings. The molecule has 19 heavy (non-hydrogen) atoms. The van der Waals surface area contributed by atoms with Crippen molar-refractivity contribution in [2.24, 2.45) is 11.8 Å². The van der Waals surface area contributed by atoms with E-state index in [1.165, 1.54) is 51.4 Å². The molecule has 0 aromatic carbocycles. The van der Waals surface area contributed by atoms with Gasteiger partial charge in [0, 0.05) is 6.04 Å². The van der Waals surface area contributed by atoms with Crippen molar-refractivity contribution in [1.82, 2.24) is 5.32 Å². The van der Waals surface area contributed by atoms with E-state index in [4.69, 9.17) is 4.74 Å². The zero-order valence-corrected chi connectivity index (χ0v) is 12.0. The van der Waals surface area contributed by atoms with Crippen molar-refractivity contribution in [2.45, 2.75) is 76.0 Å². The summed E-state index contributed by atoms with van der Waals surface area (Å²) in [6.07, 6.45) is 10.2. The molecule has 0 heterocycles. The van der Waals surface area contributed by atoms with Gasteiger partial charge in [-0.05, 0) is 63.2 Å². The highest BCUT2D eigenvalue weighted by Gasteiger charge is 2.48. The molecular weight excluding hydrogens is 236 g/mol. The van der Waals surface area contributed by atoms with Crippen LogP contribution >= 0.6 is 0 Å². The zero-order chi connectivity index (χ0) is 13.3. The first-order chi connectivity index (χ1) is 9.22. The molecule has 3 heteroatoms. The van der Waals surface area contributed by atoms with Gasteiger partial charge in [-0.25, -0.2) is 0 Å². The molecule has 3 nitrogen and oxygen atoms in total. The molecule has 0 radical (unpaired) electrons. The number of nitrogens with zero attached hydrogens (tertiary/aromatic N) is 1. The second kappa shape index (κ2) is 5.42. The summed E-state index contributed by atoms with van der Waals surface area (Å²) in [5, 5.41) is 13.2. The lowest BCUT2D eigenvalue weighted by Gasteiger charge is -2.32. The van der Waals surface area contributed by atoms with Crippen LogP contribution in [0.3, 0.4) is 0 Å². The van der Waals surface area contributed by atoms with Crippen LogP contribution in [0.1, 0.15) is 58.3 Å². The fourth-order valence-electron chi connectivity index (χ4n) is 3.25. The van der Waals surface area contributed by atoms with Crippen LogP contribution in [-0.4, -0.2) is 24.3 Å². The Morgan fingerprint density at radius 3 is 2.32 bits per heavy atom. The minimum Gasteiger partial charge on any atom is -0.375 e. The minimum atomic E-state index is -0.385. The lowest BCUT2D eigenvalue weighted by Crippen LogP contribution is -2.52. The average Bonchev–Trinajstić information content (AvgIpc) is 3.28. The quantitative estimate of drug-likeness (QED) is 0.800. The summed E-state index contributed by atoms with van der Waals surface area (Å²) in [6.45, 7) is 2.93. The average molecular weight is 262 g/mol. The van der Waals surface area contributed by atoms with Crippen molar-refractivity contribution in [3.63, 3.8) is 0 Å². The summed E-state index contributed by atoms with van der Waals surface area (Å²) in [5.41, 5.74) is -0.385. The molecular formula is C16H26N2O. The van der Waals surface area contributed by atoms with Crippen LogP contribution in [0.25, 0.3) is 0 Å². The molecule has 0 aromatic rings. The molecule has 3 rings (SSSR count). The maximum Gasteiger partial charge on any atom is 0.133 e. The van der Waals surface area contributed by atoms with Crippen molar-refractivity contribution in [2.75, 3.05) is 6.61 Å². The van der Waals surface area contributed by atoms with E-state index in [1.54, 1.807) is 0 Å². The highest BCUT2D eigenvalue weighted by atomic mass is 16.5. The third-order valence-corrected chi connectivity index (χ3v) is 5.02. The van der Waals surface area contributed by atoms with Crippen LogP contribution in [0.15, 0.2) is 0 Å². The Hall–Kier alpha value is -0.590. The predicted molar refractivity (Wildman–Crippen MR) is 74.6 cm³/mol. The maximum atomic E-state index is 9.64. The Morgan fingerprint density at radius 1 is 1.11 bits per heavy atom. The number of rotatable bonds is 6. The van der Waals surface area contributed by atoms with E-state index in [2.05, 4.69) is 18.3 Å². The number of ether oxygens (including phenoxy) is 1. The third kappa shape index (κ3) is 3.30. The summed E-state index contributed by atoms with van der Waals surface area (Å²) in [4.78, 5) is 0. The van der Waals surface area contributed by atoms with Gasteiger partial charge < -0.3 is 4.74 Å². The molecule has 0 saturated heterocycles. The van der Waals surface area contributed by atoms with Gasteiger partial charge in [0.1, 0.15) is 5.54 Å². The van der Waals surface area contributed by atoms with E-state index in [-0.39, 0.29) is 5.54 Å². The molecule has 0 amide bonds. The maximum absolute atomic E-state index is 9.64. The van der Waals surface area contributed by atoms with Gasteiger partial charge in [0.05, 0.1) is 18.8 Å². The SMILES string of the molecule is CC1CCC(OCC(C#N)(NC2CC2)C2CC2)CC1. The van der Waals surface area contributed by atoms with Crippen LogP contribution < -0.4 is 5.32 Å². The van der Waals surface area contributed by atoms with Gasteiger partial charge >= 0.3 is 0 Å². The standard InChI is InChI=1S/C16H26N2O/c1-12-2-8-15(9-3-12)19-11-16(10-17,13-4-5-13)18-14-6-7-14/h12-15,18H,2-9,11H2,1H3. The second-order valence-corrected chi connectivity index (χ2v) is 6.97. The van der Waals surface area contributed by atoms with Gasteiger partial charge in [-0.2, -0.15) is 5.26 Å². The van der Waals surface area contributed by atoms with Crippen LogP contribution in [0.5, 0.6) is 0 Å². The largest absolute Gasteiger partial charge is 0.375 e. The summed E-state index contributed by atoms with van der Waals surface area (Å²) in [7, 11) is 0. The molecule has 0 bridgehead atoms. The molecule has 3 fully saturated rings. The fourth-order valence-corrected chi connectivity index (χ4v) is 3.25. The Kier molecular flexibility index (Phi) is 3.82. The smallest absolute Gasteiger partial charge is 0.133 e. The van der Waals surface area contributed by atoms with Crippen molar-refractivity contribution < 1.29 is 4.74 Å². The molecule has 3 aliphatic carbocycles. The first kappa shape index (κ1) is 13.4. The van der Waals surface area contributed by atoms with Crippen LogP contribution in [0.2, 0.25) is 0 Å². The predicted octanol–water partition coefficient (Wildman–Crippen LogP) is 3.01. The van der Waals surface area contributed by atoms with Crippen molar-refractivity contribution in [3.8, 4) is 6.07 Å². The van der Waals surface area contributed by atoms with Gasteiger partial charge in [-0.3, -0.25) is 5.32 Å². The van der Waals surface area contributed by atoms with Crippen molar-refractivity contribution >= 4 is 0 Å². The molecule has 1 unspecified atom stereocenters. The molecule has 0 spiro atoms. The van der Waals surface area contributed by atoms with Gasteiger partial charge in [0.25, 0.3) is 0 Å². The van der Waals surface area contributed by atoms with Gasteiger partial charge in [-0.15, -0.1) is 0 Å². The van der Waals surface area contributed by atoms with Crippen LogP contribution in [0.4, 0.5) is 0 Å². The molecule has 1 atom stereocenters. The van der Waals surface area contributed by atoms with Crippen LogP contribution in [0, 0.1) is 23.2 Å². The van der Waals surface area contributed by atoms with E-state index < -0.39 is 0 Å². The Morgan fingerprint density at radius 2 is 1.79 bits per heavy atom. The molecule has 0 aliphatic heterocycles. The lowest BCUT2D eigenvalue weighted by molar-refractivity contribution is -0.00837.